The first-order valence-corrected chi connectivity index (χ1v) is 9.74. The van der Waals surface area contributed by atoms with Crippen LogP contribution < -0.4 is 5.32 Å². The molecule has 1 aliphatic rings. The largest absolute Gasteiger partial charge is 0.322 e. The lowest BCUT2D eigenvalue weighted by Crippen LogP contribution is -2.34. The molecule has 1 saturated heterocycles. The molecule has 2 amide bonds. The summed E-state index contributed by atoms with van der Waals surface area (Å²) in [4.78, 5) is 19.2. The van der Waals surface area contributed by atoms with Gasteiger partial charge in [-0.25, -0.2) is 9.78 Å². The molecule has 1 atom stereocenters. The summed E-state index contributed by atoms with van der Waals surface area (Å²) in [7, 11) is 0. The standard InChI is InChI=1S/C21H21N3OS/c1-15-22-19(14-26-15)16-9-11-18(12-10-16)23-21(25)24-13-5-8-20(24)17-6-3-2-4-7-17/h2-4,6-7,9-12,14,20H,5,8,13H2,1H3,(H,23,25). The van der Waals surface area contributed by atoms with Crippen molar-refractivity contribution in [1.29, 1.82) is 0 Å². The molecule has 5 heteroatoms. The third-order valence-corrected chi connectivity index (χ3v) is 5.52. The molecular formula is C21H21N3OS. The van der Waals surface area contributed by atoms with Gasteiger partial charge in [-0.05, 0) is 37.5 Å². The zero-order valence-corrected chi connectivity index (χ0v) is 15.5. The number of aryl methyl sites for hydroxylation is 1. The first-order chi connectivity index (χ1) is 12.7. The highest BCUT2D eigenvalue weighted by Crippen LogP contribution is 2.32. The van der Waals surface area contributed by atoms with Gasteiger partial charge in [0.25, 0.3) is 0 Å². The highest BCUT2D eigenvalue weighted by molar-refractivity contribution is 7.09. The number of benzene rings is 2. The summed E-state index contributed by atoms with van der Waals surface area (Å²) >= 11 is 1.64. The Morgan fingerprint density at radius 3 is 2.62 bits per heavy atom. The van der Waals surface area contributed by atoms with Gasteiger partial charge in [-0.15, -0.1) is 11.3 Å². The van der Waals surface area contributed by atoms with Gasteiger partial charge in [-0.2, -0.15) is 0 Å². The van der Waals surface area contributed by atoms with E-state index in [-0.39, 0.29) is 12.1 Å². The molecule has 4 nitrogen and oxygen atoms in total. The summed E-state index contributed by atoms with van der Waals surface area (Å²) in [6.45, 7) is 2.80. The molecule has 3 aromatic rings. The second kappa shape index (κ2) is 7.30. The van der Waals surface area contributed by atoms with Gasteiger partial charge >= 0.3 is 6.03 Å². The van der Waals surface area contributed by atoms with Gasteiger partial charge in [0, 0.05) is 23.2 Å². The minimum atomic E-state index is -0.0337. The Bertz CT molecular complexity index is 889. The van der Waals surface area contributed by atoms with E-state index in [1.54, 1.807) is 11.3 Å². The zero-order chi connectivity index (χ0) is 17.9. The van der Waals surface area contributed by atoms with Crippen LogP contribution in [0.2, 0.25) is 0 Å². The van der Waals surface area contributed by atoms with Gasteiger partial charge in [0.2, 0.25) is 0 Å². The number of nitrogens with zero attached hydrogens (tertiary/aromatic N) is 2. The Kier molecular flexibility index (Phi) is 4.71. The zero-order valence-electron chi connectivity index (χ0n) is 14.7. The average Bonchev–Trinajstić information content (AvgIpc) is 3.32. The number of carbonyl (C=O) groups excluding carboxylic acids is 1. The predicted octanol–water partition coefficient (Wildman–Crippen LogP) is 5.49. The van der Waals surface area contributed by atoms with E-state index in [1.807, 2.05) is 54.3 Å². The third-order valence-electron chi connectivity index (χ3n) is 4.75. The Balaban J connectivity index is 1.46. The van der Waals surface area contributed by atoms with Crippen LogP contribution in [0.15, 0.2) is 60.0 Å². The number of carbonyl (C=O) groups is 1. The first kappa shape index (κ1) is 16.8. The normalized spacial score (nSPS) is 16.7. The molecule has 0 spiro atoms. The van der Waals surface area contributed by atoms with Gasteiger partial charge in [0.15, 0.2) is 0 Å². The van der Waals surface area contributed by atoms with Crippen LogP contribution in [0.25, 0.3) is 11.3 Å². The van der Waals surface area contributed by atoms with Crippen molar-refractivity contribution in [3.63, 3.8) is 0 Å². The summed E-state index contributed by atoms with van der Waals surface area (Å²) in [6, 6.07) is 18.3. The van der Waals surface area contributed by atoms with Crippen molar-refractivity contribution < 1.29 is 4.79 Å². The third kappa shape index (κ3) is 3.48. The Hall–Kier alpha value is -2.66. The van der Waals surface area contributed by atoms with Crippen molar-refractivity contribution >= 4 is 23.1 Å². The number of hydrogen-bond acceptors (Lipinski definition) is 3. The number of likely N-dealkylation sites (tertiary alicyclic amines) is 1. The summed E-state index contributed by atoms with van der Waals surface area (Å²) in [5, 5.41) is 6.14. The lowest BCUT2D eigenvalue weighted by atomic mass is 10.1. The molecular weight excluding hydrogens is 342 g/mol. The molecule has 1 fully saturated rings. The van der Waals surface area contributed by atoms with Gasteiger partial charge < -0.3 is 10.2 Å². The van der Waals surface area contributed by atoms with E-state index in [0.29, 0.717) is 0 Å². The molecule has 1 unspecified atom stereocenters. The van der Waals surface area contributed by atoms with Crippen LogP contribution in [0.5, 0.6) is 0 Å². The van der Waals surface area contributed by atoms with Crippen LogP contribution in [-0.2, 0) is 0 Å². The van der Waals surface area contributed by atoms with E-state index in [9.17, 15) is 4.79 Å². The van der Waals surface area contributed by atoms with E-state index in [1.165, 1.54) is 5.56 Å². The maximum Gasteiger partial charge on any atom is 0.322 e. The second-order valence-electron chi connectivity index (χ2n) is 6.52. The molecule has 2 heterocycles. The van der Waals surface area contributed by atoms with Gasteiger partial charge in [-0.3, -0.25) is 0 Å². The summed E-state index contributed by atoms with van der Waals surface area (Å²) in [5.74, 6) is 0. The Labute approximate surface area is 157 Å². The number of amides is 2. The molecule has 1 aliphatic heterocycles. The topological polar surface area (TPSA) is 45.2 Å². The van der Waals surface area contributed by atoms with E-state index in [0.717, 1.165) is 41.3 Å². The number of nitrogens with one attached hydrogen (secondary N) is 1. The first-order valence-electron chi connectivity index (χ1n) is 8.86. The van der Waals surface area contributed by atoms with E-state index in [4.69, 9.17) is 0 Å². The van der Waals surface area contributed by atoms with Crippen LogP contribution in [-0.4, -0.2) is 22.5 Å². The van der Waals surface area contributed by atoms with Crippen molar-refractivity contribution in [1.82, 2.24) is 9.88 Å². The fourth-order valence-electron chi connectivity index (χ4n) is 3.45. The van der Waals surface area contributed by atoms with Crippen molar-refractivity contribution in [2.24, 2.45) is 0 Å². The fraction of sp³-hybridized carbons (Fsp3) is 0.238. The number of urea groups is 1. The Morgan fingerprint density at radius 1 is 1.15 bits per heavy atom. The molecule has 1 N–H and O–H groups in total. The van der Waals surface area contributed by atoms with Gasteiger partial charge in [-0.1, -0.05) is 42.5 Å². The van der Waals surface area contributed by atoms with Crippen molar-refractivity contribution in [3.05, 3.63) is 70.5 Å². The van der Waals surface area contributed by atoms with Crippen LogP contribution in [0.1, 0.15) is 29.5 Å². The molecule has 132 valence electrons. The maximum absolute atomic E-state index is 12.8. The minimum Gasteiger partial charge on any atom is -0.317 e. The number of anilines is 1. The quantitative estimate of drug-likeness (QED) is 0.669. The number of aromatic nitrogens is 1. The monoisotopic (exact) mass is 363 g/mol. The van der Waals surface area contributed by atoms with Crippen LogP contribution >= 0.6 is 11.3 Å². The molecule has 0 aliphatic carbocycles. The maximum atomic E-state index is 12.8. The summed E-state index contributed by atoms with van der Waals surface area (Å²) < 4.78 is 0. The fourth-order valence-corrected chi connectivity index (χ4v) is 4.07. The Morgan fingerprint density at radius 2 is 1.92 bits per heavy atom. The predicted molar refractivity (Wildman–Crippen MR) is 106 cm³/mol. The van der Waals surface area contributed by atoms with Crippen molar-refractivity contribution in [2.45, 2.75) is 25.8 Å². The van der Waals surface area contributed by atoms with Crippen LogP contribution in [0, 0.1) is 6.92 Å². The molecule has 1 aromatic heterocycles. The van der Waals surface area contributed by atoms with E-state index >= 15 is 0 Å². The van der Waals surface area contributed by atoms with Gasteiger partial charge in [0.05, 0.1) is 16.7 Å². The summed E-state index contributed by atoms with van der Waals surface area (Å²) in [6.07, 6.45) is 2.05. The minimum absolute atomic E-state index is 0.0337. The van der Waals surface area contributed by atoms with Gasteiger partial charge in [0.1, 0.15) is 0 Å². The molecule has 4 rings (SSSR count). The lowest BCUT2D eigenvalue weighted by Gasteiger charge is -2.25. The SMILES string of the molecule is Cc1nc(-c2ccc(NC(=O)N3CCCC3c3ccccc3)cc2)cs1. The second-order valence-corrected chi connectivity index (χ2v) is 7.58. The van der Waals surface area contributed by atoms with Crippen LogP contribution in [0.4, 0.5) is 10.5 Å². The molecule has 0 bridgehead atoms. The van der Waals surface area contributed by atoms with E-state index < -0.39 is 0 Å². The highest BCUT2D eigenvalue weighted by Gasteiger charge is 2.29. The van der Waals surface area contributed by atoms with E-state index in [2.05, 4.69) is 27.8 Å². The molecule has 0 radical (unpaired) electrons. The molecule has 2 aromatic carbocycles. The average molecular weight is 363 g/mol. The highest BCUT2D eigenvalue weighted by atomic mass is 32.1. The molecule has 26 heavy (non-hydrogen) atoms. The number of thiazole rings is 1. The lowest BCUT2D eigenvalue weighted by molar-refractivity contribution is 0.207. The van der Waals surface area contributed by atoms with Crippen molar-refractivity contribution in [3.8, 4) is 11.3 Å². The molecule has 0 saturated carbocycles. The number of rotatable bonds is 3. The number of hydrogen-bond donors (Lipinski definition) is 1. The van der Waals surface area contributed by atoms with Crippen molar-refractivity contribution in [2.75, 3.05) is 11.9 Å². The summed E-state index contributed by atoms with van der Waals surface area (Å²) in [5.41, 5.74) is 4.06. The smallest absolute Gasteiger partial charge is 0.317 e. The van der Waals surface area contributed by atoms with Crippen LogP contribution in [0.3, 0.4) is 0 Å².